The second-order valence-electron chi connectivity index (χ2n) is 4.72. The number of phenolic OH excluding ortho intramolecular Hbond substituents is 1. The van der Waals surface area contributed by atoms with Crippen molar-refractivity contribution in [3.8, 4) is 11.5 Å². The van der Waals surface area contributed by atoms with Crippen molar-refractivity contribution in [1.29, 1.82) is 0 Å². The third-order valence-electron chi connectivity index (χ3n) is 3.43. The largest absolute Gasteiger partial charge is 0.507 e. The molecule has 0 radical (unpaired) electrons. The van der Waals surface area contributed by atoms with Crippen LogP contribution < -0.4 is 10.1 Å². The van der Waals surface area contributed by atoms with E-state index in [-0.39, 0.29) is 5.75 Å². The van der Waals surface area contributed by atoms with Crippen molar-refractivity contribution < 1.29 is 14.6 Å². The molecular weight excluding hydrogens is 230 g/mol. The highest BCUT2D eigenvalue weighted by atomic mass is 16.5. The maximum Gasteiger partial charge on any atom is 0.123 e. The van der Waals surface area contributed by atoms with Crippen molar-refractivity contribution in [1.82, 2.24) is 5.32 Å². The van der Waals surface area contributed by atoms with Crippen molar-refractivity contribution >= 4 is 0 Å². The van der Waals surface area contributed by atoms with Crippen LogP contribution in [-0.4, -0.2) is 31.0 Å². The van der Waals surface area contributed by atoms with E-state index < -0.39 is 0 Å². The van der Waals surface area contributed by atoms with E-state index in [0.29, 0.717) is 24.4 Å². The zero-order valence-corrected chi connectivity index (χ0v) is 11.0. The van der Waals surface area contributed by atoms with Crippen molar-refractivity contribution in [2.75, 3.05) is 13.7 Å². The Bertz CT molecular complexity index is 389. The molecule has 0 saturated carbocycles. The lowest BCUT2D eigenvalue weighted by Gasteiger charge is -2.20. The molecule has 1 aromatic carbocycles. The van der Waals surface area contributed by atoms with Gasteiger partial charge in [0.25, 0.3) is 0 Å². The van der Waals surface area contributed by atoms with Gasteiger partial charge >= 0.3 is 0 Å². The van der Waals surface area contributed by atoms with Crippen molar-refractivity contribution in [3.05, 3.63) is 23.8 Å². The molecule has 0 spiro atoms. The Morgan fingerprint density at radius 3 is 3.00 bits per heavy atom. The van der Waals surface area contributed by atoms with Gasteiger partial charge in [0, 0.05) is 30.8 Å². The topological polar surface area (TPSA) is 50.7 Å². The first-order valence-corrected chi connectivity index (χ1v) is 6.41. The average molecular weight is 251 g/mol. The van der Waals surface area contributed by atoms with E-state index in [1.807, 2.05) is 12.1 Å². The first kappa shape index (κ1) is 13.2. The third-order valence-corrected chi connectivity index (χ3v) is 3.43. The van der Waals surface area contributed by atoms with E-state index in [1.54, 1.807) is 13.2 Å². The van der Waals surface area contributed by atoms with Crippen LogP contribution in [0.2, 0.25) is 0 Å². The van der Waals surface area contributed by atoms with Crippen LogP contribution in [0.15, 0.2) is 18.2 Å². The van der Waals surface area contributed by atoms with Crippen LogP contribution >= 0.6 is 0 Å². The quantitative estimate of drug-likeness (QED) is 0.841. The molecule has 0 aromatic heterocycles. The summed E-state index contributed by atoms with van der Waals surface area (Å²) in [5.41, 5.74) is 0.876. The number of phenols is 1. The molecule has 0 bridgehead atoms. The molecule has 2 atom stereocenters. The van der Waals surface area contributed by atoms with Gasteiger partial charge in [0.1, 0.15) is 11.5 Å². The number of benzene rings is 1. The van der Waals surface area contributed by atoms with E-state index >= 15 is 0 Å². The molecule has 1 aliphatic heterocycles. The summed E-state index contributed by atoms with van der Waals surface area (Å²) in [6, 6.07) is 5.67. The molecule has 4 heteroatoms. The normalized spacial score (nSPS) is 20.9. The lowest BCUT2D eigenvalue weighted by molar-refractivity contribution is 0.0831. The summed E-state index contributed by atoms with van der Waals surface area (Å²) in [6.45, 7) is 3.62. The Hall–Kier alpha value is -1.26. The summed E-state index contributed by atoms with van der Waals surface area (Å²) in [5.74, 6) is 0.935. The second kappa shape index (κ2) is 6.07. The minimum atomic E-state index is 0.265. The van der Waals surface area contributed by atoms with Gasteiger partial charge in [-0.1, -0.05) is 6.07 Å². The number of ether oxygens (including phenoxy) is 2. The molecule has 2 unspecified atom stereocenters. The molecule has 1 heterocycles. The lowest BCUT2D eigenvalue weighted by Crippen LogP contribution is -2.36. The van der Waals surface area contributed by atoms with E-state index in [1.165, 1.54) is 0 Å². The van der Waals surface area contributed by atoms with Gasteiger partial charge < -0.3 is 19.9 Å². The molecule has 0 aliphatic carbocycles. The van der Waals surface area contributed by atoms with E-state index in [9.17, 15) is 5.11 Å². The summed E-state index contributed by atoms with van der Waals surface area (Å²) in [4.78, 5) is 0. The Morgan fingerprint density at radius 2 is 2.39 bits per heavy atom. The van der Waals surface area contributed by atoms with Crippen molar-refractivity contribution in [2.45, 2.75) is 38.5 Å². The molecule has 18 heavy (non-hydrogen) atoms. The van der Waals surface area contributed by atoms with Crippen LogP contribution in [0, 0.1) is 0 Å². The number of methoxy groups -OCH3 is 1. The Morgan fingerprint density at radius 1 is 1.56 bits per heavy atom. The van der Waals surface area contributed by atoms with Crippen LogP contribution in [0.4, 0.5) is 0 Å². The number of aromatic hydroxyl groups is 1. The molecule has 0 amide bonds. The SMILES string of the molecule is COc1ccc(CNC(C)C2CCCO2)c(O)c1. The molecule has 1 aromatic rings. The van der Waals surface area contributed by atoms with Gasteiger partial charge in [-0.2, -0.15) is 0 Å². The monoisotopic (exact) mass is 251 g/mol. The Labute approximate surface area is 108 Å². The fraction of sp³-hybridized carbons (Fsp3) is 0.571. The number of hydrogen-bond donors (Lipinski definition) is 2. The minimum Gasteiger partial charge on any atom is -0.507 e. The molecule has 1 aliphatic rings. The summed E-state index contributed by atoms with van der Waals surface area (Å²) >= 11 is 0. The first-order chi connectivity index (χ1) is 8.70. The van der Waals surface area contributed by atoms with Crippen LogP contribution in [0.1, 0.15) is 25.3 Å². The summed E-state index contributed by atoms with van der Waals surface area (Å²) in [7, 11) is 1.59. The highest BCUT2D eigenvalue weighted by Gasteiger charge is 2.21. The zero-order valence-electron chi connectivity index (χ0n) is 11.0. The van der Waals surface area contributed by atoms with Crippen molar-refractivity contribution in [3.63, 3.8) is 0 Å². The highest BCUT2D eigenvalue weighted by Crippen LogP contribution is 2.23. The van der Waals surface area contributed by atoms with Crippen LogP contribution in [0.5, 0.6) is 11.5 Å². The second-order valence-corrected chi connectivity index (χ2v) is 4.72. The number of rotatable bonds is 5. The minimum absolute atomic E-state index is 0.265. The molecule has 2 rings (SSSR count). The van der Waals surface area contributed by atoms with E-state index in [0.717, 1.165) is 25.0 Å². The predicted octanol–water partition coefficient (Wildman–Crippen LogP) is 2.06. The molecule has 1 saturated heterocycles. The zero-order chi connectivity index (χ0) is 13.0. The first-order valence-electron chi connectivity index (χ1n) is 6.41. The Balaban J connectivity index is 1.89. The van der Waals surface area contributed by atoms with E-state index in [2.05, 4.69) is 12.2 Å². The summed E-state index contributed by atoms with van der Waals surface area (Å²) in [5, 5.41) is 13.2. The average Bonchev–Trinajstić information content (AvgIpc) is 2.90. The molecule has 1 fully saturated rings. The standard InChI is InChI=1S/C14H21NO3/c1-10(14-4-3-7-18-14)15-9-11-5-6-12(17-2)8-13(11)16/h5-6,8,10,14-16H,3-4,7,9H2,1-2H3. The maximum atomic E-state index is 9.85. The van der Waals surface area contributed by atoms with Crippen LogP contribution in [0.25, 0.3) is 0 Å². The van der Waals surface area contributed by atoms with Gasteiger partial charge in [0.05, 0.1) is 13.2 Å². The molecule has 4 nitrogen and oxygen atoms in total. The van der Waals surface area contributed by atoms with Gasteiger partial charge in [-0.25, -0.2) is 0 Å². The highest BCUT2D eigenvalue weighted by molar-refractivity contribution is 5.39. The van der Waals surface area contributed by atoms with Gasteiger partial charge in [-0.3, -0.25) is 0 Å². The fourth-order valence-electron chi connectivity index (χ4n) is 2.22. The van der Waals surface area contributed by atoms with Gasteiger partial charge in [0.2, 0.25) is 0 Å². The van der Waals surface area contributed by atoms with E-state index in [4.69, 9.17) is 9.47 Å². The summed E-state index contributed by atoms with van der Waals surface area (Å²) < 4.78 is 10.7. The smallest absolute Gasteiger partial charge is 0.123 e. The van der Waals surface area contributed by atoms with Crippen LogP contribution in [0.3, 0.4) is 0 Å². The van der Waals surface area contributed by atoms with Gasteiger partial charge in [-0.05, 0) is 25.8 Å². The van der Waals surface area contributed by atoms with Gasteiger partial charge in [0.15, 0.2) is 0 Å². The molecular formula is C14H21NO3. The number of hydrogen-bond acceptors (Lipinski definition) is 4. The summed E-state index contributed by atoms with van der Waals surface area (Å²) in [6.07, 6.45) is 2.55. The van der Waals surface area contributed by atoms with Crippen molar-refractivity contribution in [2.24, 2.45) is 0 Å². The molecule has 100 valence electrons. The predicted molar refractivity (Wildman–Crippen MR) is 69.9 cm³/mol. The Kier molecular flexibility index (Phi) is 4.44. The molecule has 2 N–H and O–H groups in total. The van der Waals surface area contributed by atoms with Gasteiger partial charge in [-0.15, -0.1) is 0 Å². The lowest BCUT2D eigenvalue weighted by atomic mass is 10.1. The maximum absolute atomic E-state index is 9.85. The fourth-order valence-corrected chi connectivity index (χ4v) is 2.22. The van der Waals surface area contributed by atoms with Crippen LogP contribution in [-0.2, 0) is 11.3 Å². The third kappa shape index (κ3) is 3.15. The number of nitrogens with one attached hydrogen (secondary N) is 1.